The van der Waals surface area contributed by atoms with Crippen LogP contribution in [0.3, 0.4) is 0 Å². The Balaban J connectivity index is 1.46. The third-order valence-corrected chi connectivity index (χ3v) is 6.47. The first kappa shape index (κ1) is 16.2. The molecule has 5 rings (SSSR count). The van der Waals surface area contributed by atoms with Gasteiger partial charge in [-0.3, -0.25) is 4.79 Å². The van der Waals surface area contributed by atoms with Crippen molar-refractivity contribution in [2.24, 2.45) is 17.3 Å². The van der Waals surface area contributed by atoms with Gasteiger partial charge in [0.2, 0.25) is 0 Å². The highest BCUT2D eigenvalue weighted by Crippen LogP contribution is 2.62. The molecule has 5 heteroatoms. The third kappa shape index (κ3) is 2.79. The number of hydrogen-bond donors (Lipinski definition) is 1. The van der Waals surface area contributed by atoms with Crippen molar-refractivity contribution in [3.8, 4) is 5.75 Å². The predicted octanol–water partition coefficient (Wildman–Crippen LogP) is 4.39. The predicted molar refractivity (Wildman–Crippen MR) is 91.3 cm³/mol. The van der Waals surface area contributed by atoms with Crippen LogP contribution in [-0.4, -0.2) is 25.2 Å². The first-order chi connectivity index (χ1) is 11.4. The summed E-state index contributed by atoms with van der Waals surface area (Å²) < 4.78 is 20.1. The molecule has 0 heterocycles. The monoisotopic (exact) mass is 351 g/mol. The first-order valence-corrected chi connectivity index (χ1v) is 9.09. The number of carbonyl (C=O) groups is 1. The molecule has 0 radical (unpaired) electrons. The van der Waals surface area contributed by atoms with Gasteiger partial charge in [0, 0.05) is 6.54 Å². The van der Waals surface area contributed by atoms with Gasteiger partial charge in [-0.05, 0) is 74.0 Å². The van der Waals surface area contributed by atoms with Gasteiger partial charge in [-0.25, -0.2) is 4.39 Å². The number of carbonyl (C=O) groups excluding carboxylic acids is 1. The molecule has 0 aromatic heterocycles. The number of alkyl halides is 1. The summed E-state index contributed by atoms with van der Waals surface area (Å²) in [5, 5.41) is 3.40. The number of ether oxygens (including phenoxy) is 1. The lowest BCUT2D eigenvalue weighted by atomic mass is 9.48. The van der Waals surface area contributed by atoms with Crippen molar-refractivity contribution in [2.75, 3.05) is 13.7 Å². The molecule has 1 N–H and O–H groups in total. The van der Waals surface area contributed by atoms with Gasteiger partial charge < -0.3 is 10.1 Å². The van der Waals surface area contributed by atoms with Crippen LogP contribution in [0.1, 0.15) is 48.9 Å². The molecule has 130 valence electrons. The van der Waals surface area contributed by atoms with E-state index in [1.165, 1.54) is 6.42 Å². The smallest absolute Gasteiger partial charge is 0.252 e. The Morgan fingerprint density at radius 3 is 2.62 bits per heavy atom. The fourth-order valence-electron chi connectivity index (χ4n) is 5.71. The number of benzene rings is 1. The Kier molecular flexibility index (Phi) is 3.79. The number of amides is 1. The maximum Gasteiger partial charge on any atom is 0.252 e. The zero-order valence-electron chi connectivity index (χ0n) is 13.9. The lowest BCUT2D eigenvalue weighted by Gasteiger charge is -2.59. The zero-order chi connectivity index (χ0) is 16.9. The van der Waals surface area contributed by atoms with Crippen molar-refractivity contribution >= 4 is 17.5 Å². The molecule has 0 saturated heterocycles. The summed E-state index contributed by atoms with van der Waals surface area (Å²) in [5.74, 6) is 1.43. The SMILES string of the molecule is COc1ccc(C(=O)NCC23CC4CC(CC(F)(C4)C2)C3)c(Cl)c1. The molecule has 4 fully saturated rings. The fraction of sp³-hybridized carbons (Fsp3) is 0.632. The summed E-state index contributed by atoms with van der Waals surface area (Å²) in [6.45, 7) is 0.548. The summed E-state index contributed by atoms with van der Waals surface area (Å²) in [6, 6.07) is 5.03. The Bertz CT molecular complexity index is 663. The lowest BCUT2D eigenvalue weighted by Crippen LogP contribution is -2.57. The molecule has 0 aliphatic heterocycles. The molecule has 4 saturated carbocycles. The fourth-order valence-corrected chi connectivity index (χ4v) is 5.97. The summed E-state index contributed by atoms with van der Waals surface area (Å²) in [5.41, 5.74) is -0.614. The minimum absolute atomic E-state index is 0.0621. The Hall–Kier alpha value is -1.29. The number of nitrogens with one attached hydrogen (secondary N) is 1. The second-order valence-electron chi connectivity index (χ2n) is 8.14. The molecule has 24 heavy (non-hydrogen) atoms. The van der Waals surface area contributed by atoms with E-state index in [9.17, 15) is 9.18 Å². The Labute approximate surface area is 146 Å². The number of rotatable bonds is 4. The highest BCUT2D eigenvalue weighted by molar-refractivity contribution is 6.34. The normalized spacial score (nSPS) is 36.6. The summed E-state index contributed by atoms with van der Waals surface area (Å²) in [4.78, 5) is 12.5. The van der Waals surface area contributed by atoms with Gasteiger partial charge in [0.1, 0.15) is 11.4 Å². The van der Waals surface area contributed by atoms with Crippen LogP contribution in [0.15, 0.2) is 18.2 Å². The largest absolute Gasteiger partial charge is 0.497 e. The van der Waals surface area contributed by atoms with Crippen LogP contribution in [0, 0.1) is 17.3 Å². The van der Waals surface area contributed by atoms with Crippen molar-refractivity contribution in [3.05, 3.63) is 28.8 Å². The zero-order valence-corrected chi connectivity index (χ0v) is 14.7. The van der Waals surface area contributed by atoms with Crippen LogP contribution in [-0.2, 0) is 0 Å². The van der Waals surface area contributed by atoms with Crippen molar-refractivity contribution in [1.29, 1.82) is 0 Å². The molecule has 1 aromatic carbocycles. The molecular weight excluding hydrogens is 329 g/mol. The van der Waals surface area contributed by atoms with Gasteiger partial charge in [-0.2, -0.15) is 0 Å². The molecule has 4 bridgehead atoms. The number of hydrogen-bond acceptors (Lipinski definition) is 2. The Morgan fingerprint density at radius 2 is 2.04 bits per heavy atom. The van der Waals surface area contributed by atoms with Crippen LogP contribution < -0.4 is 10.1 Å². The quantitative estimate of drug-likeness (QED) is 0.873. The lowest BCUT2D eigenvalue weighted by molar-refractivity contribution is -0.121. The highest BCUT2D eigenvalue weighted by atomic mass is 35.5. The van der Waals surface area contributed by atoms with Gasteiger partial charge in [-0.15, -0.1) is 0 Å². The standard InChI is InChI=1S/C19H23ClFNO2/c1-24-14-2-3-15(16(20)5-14)17(23)22-11-18-6-12-4-13(7-18)9-19(21,8-12)10-18/h2-3,5,12-13H,4,6-11H2,1H3,(H,22,23). The molecule has 4 aliphatic carbocycles. The molecule has 0 spiro atoms. The minimum Gasteiger partial charge on any atom is -0.497 e. The van der Waals surface area contributed by atoms with Gasteiger partial charge in [-0.1, -0.05) is 11.6 Å². The highest BCUT2D eigenvalue weighted by Gasteiger charge is 2.58. The van der Waals surface area contributed by atoms with Gasteiger partial charge >= 0.3 is 0 Å². The molecule has 2 unspecified atom stereocenters. The van der Waals surface area contributed by atoms with E-state index in [4.69, 9.17) is 16.3 Å². The molecule has 1 amide bonds. The average Bonchev–Trinajstić information content (AvgIpc) is 2.50. The molecule has 4 aliphatic rings. The van der Waals surface area contributed by atoms with Crippen LogP contribution in [0.4, 0.5) is 4.39 Å². The molecular formula is C19H23ClFNO2. The van der Waals surface area contributed by atoms with Crippen molar-refractivity contribution in [1.82, 2.24) is 5.32 Å². The van der Waals surface area contributed by atoms with E-state index in [2.05, 4.69) is 5.32 Å². The van der Waals surface area contributed by atoms with E-state index in [0.717, 1.165) is 25.7 Å². The topological polar surface area (TPSA) is 38.3 Å². The third-order valence-electron chi connectivity index (χ3n) is 6.16. The van der Waals surface area contributed by atoms with Gasteiger partial charge in [0.25, 0.3) is 5.91 Å². The van der Waals surface area contributed by atoms with Crippen molar-refractivity contribution in [3.63, 3.8) is 0 Å². The summed E-state index contributed by atoms with van der Waals surface area (Å²) >= 11 is 6.18. The molecule has 2 atom stereocenters. The second-order valence-corrected chi connectivity index (χ2v) is 8.55. The van der Waals surface area contributed by atoms with Crippen LogP contribution >= 0.6 is 11.6 Å². The molecule has 3 nitrogen and oxygen atoms in total. The number of halogens is 2. The first-order valence-electron chi connectivity index (χ1n) is 8.71. The number of methoxy groups -OCH3 is 1. The molecule has 1 aromatic rings. The van der Waals surface area contributed by atoms with Crippen molar-refractivity contribution in [2.45, 2.75) is 44.2 Å². The van der Waals surface area contributed by atoms with Crippen LogP contribution in [0.5, 0.6) is 5.75 Å². The summed E-state index contributed by atoms with van der Waals surface area (Å²) in [7, 11) is 1.56. The minimum atomic E-state index is -0.993. The maximum absolute atomic E-state index is 15.0. The summed E-state index contributed by atoms with van der Waals surface area (Å²) in [6.07, 6.45) is 5.32. The van der Waals surface area contributed by atoms with E-state index >= 15 is 0 Å². The van der Waals surface area contributed by atoms with E-state index in [0.29, 0.717) is 41.1 Å². The van der Waals surface area contributed by atoms with E-state index in [1.54, 1.807) is 25.3 Å². The Morgan fingerprint density at radius 1 is 1.33 bits per heavy atom. The van der Waals surface area contributed by atoms with E-state index < -0.39 is 5.67 Å². The van der Waals surface area contributed by atoms with Crippen LogP contribution in [0.2, 0.25) is 5.02 Å². The van der Waals surface area contributed by atoms with E-state index in [1.807, 2.05) is 0 Å². The van der Waals surface area contributed by atoms with E-state index in [-0.39, 0.29) is 11.3 Å². The maximum atomic E-state index is 15.0. The average molecular weight is 352 g/mol. The van der Waals surface area contributed by atoms with Gasteiger partial charge in [0.05, 0.1) is 17.7 Å². The van der Waals surface area contributed by atoms with Gasteiger partial charge in [0.15, 0.2) is 0 Å². The van der Waals surface area contributed by atoms with Crippen LogP contribution in [0.25, 0.3) is 0 Å². The van der Waals surface area contributed by atoms with Crippen molar-refractivity contribution < 1.29 is 13.9 Å². The second kappa shape index (κ2) is 5.62.